The van der Waals surface area contributed by atoms with Crippen LogP contribution in [0.15, 0.2) is 0 Å². The van der Waals surface area contributed by atoms with Crippen LogP contribution in [0, 0.1) is 0 Å². The Hall–Kier alpha value is 0.470. The fraction of sp³-hybridized carbons (Fsp3) is 1.00. The molecule has 0 unspecified atom stereocenters. The molecular weight excluding hydrogens is 259 g/mol. The molecule has 0 radical (unpaired) electrons. The molecular formula is C4H10HfO2. The van der Waals surface area contributed by atoms with Gasteiger partial charge in [0.05, 0.1) is 0 Å². The van der Waals surface area contributed by atoms with Crippen molar-refractivity contribution in [1.29, 1.82) is 0 Å². The molecule has 0 bridgehead atoms. The zero-order valence-corrected chi connectivity index (χ0v) is 8.32. The van der Waals surface area contributed by atoms with E-state index in [0.717, 1.165) is 0 Å². The summed E-state index contributed by atoms with van der Waals surface area (Å²) in [5.74, 6) is 0. The maximum absolute atomic E-state index is 10.5. The second-order valence-corrected chi connectivity index (χ2v) is 13.2. The molecule has 0 amide bonds. The van der Waals surface area contributed by atoms with Gasteiger partial charge in [-0.05, 0) is 0 Å². The third kappa shape index (κ3) is 3.09. The van der Waals surface area contributed by atoms with E-state index in [-0.39, 0.29) is 0 Å². The normalized spacial score (nSPS) is 9.43. The zero-order valence-electron chi connectivity index (χ0n) is 4.73. The summed E-state index contributed by atoms with van der Waals surface area (Å²) in [6.07, 6.45) is 0. The van der Waals surface area contributed by atoms with Gasteiger partial charge in [-0.3, -0.25) is 0 Å². The predicted octanol–water partition coefficient (Wildman–Crippen LogP) is 1.71. The third-order valence-electron chi connectivity index (χ3n) is 1.08. The molecule has 0 aromatic heterocycles. The first-order valence-corrected chi connectivity index (χ1v) is 10.5. The molecule has 0 aliphatic rings. The molecule has 0 aliphatic heterocycles. The average molecular weight is 269 g/mol. The molecule has 0 aromatic rings. The Balaban J connectivity index is 3.89. The van der Waals surface area contributed by atoms with Gasteiger partial charge in [-0.1, -0.05) is 0 Å². The fourth-order valence-corrected chi connectivity index (χ4v) is 2.05. The minimum atomic E-state index is -3.89. The van der Waals surface area contributed by atoms with Gasteiger partial charge in [0.25, 0.3) is 0 Å². The van der Waals surface area contributed by atoms with Crippen molar-refractivity contribution in [2.24, 2.45) is 0 Å². The van der Waals surface area contributed by atoms with E-state index in [1.165, 1.54) is 0 Å². The quantitative estimate of drug-likeness (QED) is 0.715. The van der Waals surface area contributed by atoms with Crippen molar-refractivity contribution in [1.82, 2.24) is 0 Å². The minimum absolute atomic E-state index is 0.406. The van der Waals surface area contributed by atoms with Crippen LogP contribution in [-0.4, -0.2) is 0 Å². The van der Waals surface area contributed by atoms with Crippen molar-refractivity contribution < 1.29 is 25.7 Å². The summed E-state index contributed by atoms with van der Waals surface area (Å²) in [5, 5.41) is 0. The molecule has 0 fully saturated rings. The molecule has 0 saturated carbocycles. The molecule has 3 heteroatoms. The Labute approximate surface area is 48.1 Å². The van der Waals surface area contributed by atoms with Crippen LogP contribution in [0.5, 0.6) is 0 Å². The average Bonchev–Trinajstić information content (AvgIpc) is 1.68. The van der Waals surface area contributed by atoms with Crippen LogP contribution >= 0.6 is 0 Å². The van der Waals surface area contributed by atoms with E-state index in [4.69, 9.17) is 0 Å². The van der Waals surface area contributed by atoms with Gasteiger partial charge in [0.1, 0.15) is 0 Å². The molecule has 0 aliphatic carbocycles. The fourth-order valence-electron chi connectivity index (χ4n) is 0.250. The van der Waals surface area contributed by atoms with E-state index in [2.05, 4.69) is 0 Å². The summed E-state index contributed by atoms with van der Waals surface area (Å²) < 4.78 is 21.8. The van der Waals surface area contributed by atoms with Gasteiger partial charge in [-0.15, -0.1) is 0 Å². The van der Waals surface area contributed by atoms with Crippen LogP contribution in [-0.2, 0) is 25.7 Å². The summed E-state index contributed by atoms with van der Waals surface area (Å²) in [6, 6.07) is 0. The molecule has 0 aromatic carbocycles. The van der Waals surface area contributed by atoms with E-state index < -0.39 is 20.0 Å². The van der Waals surface area contributed by atoms with E-state index >= 15 is 0 Å². The summed E-state index contributed by atoms with van der Waals surface area (Å²) in [5.41, 5.74) is 0. The number of hydrogen-bond acceptors (Lipinski definition) is 2. The first-order valence-electron chi connectivity index (χ1n) is 2.53. The van der Waals surface area contributed by atoms with Crippen molar-refractivity contribution in [2.45, 2.75) is 22.2 Å². The maximum atomic E-state index is 10.5. The van der Waals surface area contributed by atoms with E-state index in [1.807, 2.05) is 0 Å². The van der Waals surface area contributed by atoms with Gasteiger partial charge >= 0.3 is 47.9 Å². The van der Waals surface area contributed by atoms with Crippen LogP contribution < -0.4 is 0 Å². The second kappa shape index (κ2) is 2.70. The zero-order chi connectivity index (χ0) is 5.91. The molecule has 7 heavy (non-hydrogen) atoms. The van der Waals surface area contributed by atoms with Crippen molar-refractivity contribution >= 4 is 0 Å². The van der Waals surface area contributed by atoms with Crippen LogP contribution in [0.4, 0.5) is 0 Å². The summed E-state index contributed by atoms with van der Waals surface area (Å²) in [4.78, 5) is 0. The van der Waals surface area contributed by atoms with Gasteiger partial charge in [0.15, 0.2) is 0 Å². The number of hydrogen-bond donors (Lipinski definition) is 0. The summed E-state index contributed by atoms with van der Waals surface area (Å²) in [6.45, 7) is 3.43. The monoisotopic (exact) mass is 270 g/mol. The topological polar surface area (TPSA) is 34.1 Å². The number of rotatable bonds is 2. The van der Waals surface area contributed by atoms with Gasteiger partial charge in [0.2, 0.25) is 0 Å². The Morgan fingerprint density at radius 3 is 1.43 bits per heavy atom. The predicted molar refractivity (Wildman–Crippen MR) is 22.3 cm³/mol. The molecule has 0 saturated heterocycles. The van der Waals surface area contributed by atoms with Crippen molar-refractivity contribution in [3.8, 4) is 0 Å². The van der Waals surface area contributed by atoms with Gasteiger partial charge in [0, 0.05) is 0 Å². The van der Waals surface area contributed by atoms with Crippen LogP contribution in [0.1, 0.15) is 13.8 Å². The second-order valence-electron chi connectivity index (χ2n) is 1.62. The Bertz CT molecular complexity index is 113. The summed E-state index contributed by atoms with van der Waals surface area (Å²) >= 11 is -3.89. The van der Waals surface area contributed by atoms with E-state index in [1.54, 1.807) is 13.8 Å². The molecule has 0 heterocycles. The molecule has 0 atom stereocenters. The van der Waals surface area contributed by atoms with Crippen molar-refractivity contribution in [2.75, 3.05) is 0 Å². The van der Waals surface area contributed by atoms with Crippen LogP contribution in [0.3, 0.4) is 0 Å². The Kier molecular flexibility index (Phi) is 2.88. The molecule has 0 rings (SSSR count). The van der Waals surface area contributed by atoms with Gasteiger partial charge in [-0.2, -0.15) is 0 Å². The SMILES string of the molecule is C[CH2][Hf](=[O])(=[O])[CH2]C. The first-order chi connectivity index (χ1) is 3.12. The molecule has 0 N–H and O–H groups in total. The summed E-state index contributed by atoms with van der Waals surface area (Å²) in [7, 11) is 0. The van der Waals surface area contributed by atoms with Crippen molar-refractivity contribution in [3.05, 3.63) is 0 Å². The van der Waals surface area contributed by atoms with Crippen LogP contribution in [0.25, 0.3) is 0 Å². The van der Waals surface area contributed by atoms with Crippen LogP contribution in [0.2, 0.25) is 8.35 Å². The van der Waals surface area contributed by atoms with E-state index in [0.29, 0.717) is 8.35 Å². The van der Waals surface area contributed by atoms with E-state index in [9.17, 15) is 5.71 Å². The Morgan fingerprint density at radius 1 is 1.14 bits per heavy atom. The standard InChI is InChI=1S/2C2H5.Hf.2O/c2*1-2;;;/h2*1H2,2H3;;;. The molecule has 42 valence electrons. The van der Waals surface area contributed by atoms with Crippen molar-refractivity contribution in [3.63, 3.8) is 0 Å². The molecule has 2 nitrogen and oxygen atoms in total. The Morgan fingerprint density at radius 2 is 1.43 bits per heavy atom. The third-order valence-corrected chi connectivity index (χ3v) is 8.82. The van der Waals surface area contributed by atoms with Gasteiger partial charge in [-0.25, -0.2) is 0 Å². The first kappa shape index (κ1) is 7.47. The van der Waals surface area contributed by atoms with Gasteiger partial charge < -0.3 is 0 Å². The molecule has 0 spiro atoms.